The maximum Gasteiger partial charge on any atom is 0.343 e. The number of para-hydroxylation sites is 1. The third-order valence-corrected chi connectivity index (χ3v) is 3.82. The number of hydrogen-bond acceptors (Lipinski definition) is 7. The maximum absolute atomic E-state index is 12.7. The van der Waals surface area contributed by atoms with Gasteiger partial charge in [0.2, 0.25) is 5.82 Å². The van der Waals surface area contributed by atoms with E-state index >= 15 is 0 Å². The van der Waals surface area contributed by atoms with E-state index in [9.17, 15) is 9.59 Å². The Bertz CT molecular complexity index is 1120. The van der Waals surface area contributed by atoms with E-state index in [4.69, 9.17) is 4.74 Å². The van der Waals surface area contributed by atoms with Crippen molar-refractivity contribution >= 4 is 23.5 Å². The quantitative estimate of drug-likeness (QED) is 0.527. The molecule has 0 aliphatic carbocycles. The average Bonchev–Trinajstić information content (AvgIpc) is 3.33. The zero-order valence-electron chi connectivity index (χ0n) is 14.8. The van der Waals surface area contributed by atoms with Crippen LogP contribution >= 0.6 is 0 Å². The first-order chi connectivity index (χ1) is 13.7. The number of aromatic nitrogens is 6. The normalized spacial score (nSPS) is 10.8. The number of carbonyl (C=O) groups is 2. The Morgan fingerprint density at radius 1 is 1.18 bits per heavy atom. The number of amides is 1. The van der Waals surface area contributed by atoms with Gasteiger partial charge in [0.1, 0.15) is 5.56 Å². The smallest absolute Gasteiger partial charge is 0.343 e. The van der Waals surface area contributed by atoms with Crippen LogP contribution in [0.1, 0.15) is 27.9 Å². The molecule has 1 amide bonds. The molecule has 3 aromatic heterocycles. The van der Waals surface area contributed by atoms with Crippen LogP contribution in [0.5, 0.6) is 0 Å². The number of benzene rings is 1. The molecule has 1 N–H and O–H groups in total. The van der Waals surface area contributed by atoms with Crippen molar-refractivity contribution in [2.45, 2.75) is 6.92 Å². The second kappa shape index (κ2) is 7.27. The number of esters is 1. The van der Waals surface area contributed by atoms with Crippen molar-refractivity contribution in [1.29, 1.82) is 0 Å². The number of ether oxygens (including phenoxy) is 1. The first-order valence-corrected chi connectivity index (χ1v) is 8.46. The number of rotatable bonds is 5. The van der Waals surface area contributed by atoms with Crippen molar-refractivity contribution in [2.24, 2.45) is 0 Å². The molecule has 10 nitrogen and oxygen atoms in total. The van der Waals surface area contributed by atoms with Crippen molar-refractivity contribution in [3.63, 3.8) is 0 Å². The van der Waals surface area contributed by atoms with E-state index in [-0.39, 0.29) is 29.6 Å². The summed E-state index contributed by atoms with van der Waals surface area (Å²) in [4.78, 5) is 33.1. The number of hydrogen-bond donors (Lipinski definition) is 1. The Labute approximate surface area is 158 Å². The third kappa shape index (κ3) is 3.18. The standard InChI is InChI=1S/C18H15N7O3/c1-2-28-17(27)13-11-20-25(12-7-4-3-5-8-12)15(13)22-16(26)14-21-18-19-9-6-10-24(18)23-14/h3-11H,2H2,1H3,(H,22,26). The lowest BCUT2D eigenvalue weighted by Gasteiger charge is -2.10. The molecule has 0 saturated carbocycles. The highest BCUT2D eigenvalue weighted by molar-refractivity contribution is 6.05. The van der Waals surface area contributed by atoms with Gasteiger partial charge in [0.05, 0.1) is 18.5 Å². The second-order valence-corrected chi connectivity index (χ2v) is 5.63. The summed E-state index contributed by atoms with van der Waals surface area (Å²) >= 11 is 0. The SMILES string of the molecule is CCOC(=O)c1cnn(-c2ccccc2)c1NC(=O)c1nc2ncccn2n1. The van der Waals surface area contributed by atoms with Gasteiger partial charge in [-0.1, -0.05) is 18.2 Å². The molecular weight excluding hydrogens is 362 g/mol. The van der Waals surface area contributed by atoms with Crippen molar-refractivity contribution in [1.82, 2.24) is 29.4 Å². The molecule has 4 rings (SSSR count). The van der Waals surface area contributed by atoms with E-state index in [1.165, 1.54) is 15.4 Å². The maximum atomic E-state index is 12.7. The van der Waals surface area contributed by atoms with Gasteiger partial charge < -0.3 is 10.1 Å². The Morgan fingerprint density at radius 2 is 2.00 bits per heavy atom. The molecule has 0 aliphatic rings. The van der Waals surface area contributed by atoms with E-state index in [0.717, 1.165) is 0 Å². The fourth-order valence-electron chi connectivity index (χ4n) is 2.58. The van der Waals surface area contributed by atoms with E-state index in [0.29, 0.717) is 5.69 Å². The first-order valence-electron chi connectivity index (χ1n) is 8.46. The Morgan fingerprint density at radius 3 is 2.75 bits per heavy atom. The minimum atomic E-state index is -0.603. The highest BCUT2D eigenvalue weighted by atomic mass is 16.5. The predicted octanol–water partition coefficient (Wildman–Crippen LogP) is 1.74. The molecule has 0 aliphatic heterocycles. The summed E-state index contributed by atoms with van der Waals surface area (Å²) in [6.07, 6.45) is 4.53. The zero-order chi connectivity index (χ0) is 19.5. The van der Waals surface area contributed by atoms with Crippen LogP contribution in [0.15, 0.2) is 55.0 Å². The fraction of sp³-hybridized carbons (Fsp3) is 0.111. The van der Waals surface area contributed by atoms with Gasteiger partial charge in [-0.15, -0.1) is 5.10 Å². The number of nitrogens with one attached hydrogen (secondary N) is 1. The van der Waals surface area contributed by atoms with Crippen LogP contribution in [-0.4, -0.2) is 47.8 Å². The van der Waals surface area contributed by atoms with Crippen LogP contribution in [0.2, 0.25) is 0 Å². The van der Waals surface area contributed by atoms with E-state index < -0.39 is 11.9 Å². The fourth-order valence-corrected chi connectivity index (χ4v) is 2.58. The molecule has 10 heteroatoms. The lowest BCUT2D eigenvalue weighted by molar-refractivity contribution is 0.0527. The van der Waals surface area contributed by atoms with Crippen LogP contribution in [0.3, 0.4) is 0 Å². The lowest BCUT2D eigenvalue weighted by Crippen LogP contribution is -2.19. The molecule has 0 spiro atoms. The van der Waals surface area contributed by atoms with Gasteiger partial charge in [0.25, 0.3) is 11.7 Å². The van der Waals surface area contributed by atoms with Gasteiger partial charge in [-0.2, -0.15) is 10.1 Å². The molecule has 0 unspecified atom stereocenters. The largest absolute Gasteiger partial charge is 0.462 e. The van der Waals surface area contributed by atoms with Gasteiger partial charge >= 0.3 is 5.97 Å². The summed E-state index contributed by atoms with van der Waals surface area (Å²) in [6.45, 7) is 1.90. The summed E-state index contributed by atoms with van der Waals surface area (Å²) in [7, 11) is 0. The lowest BCUT2D eigenvalue weighted by atomic mass is 10.3. The number of nitrogens with zero attached hydrogens (tertiary/aromatic N) is 6. The van der Waals surface area contributed by atoms with E-state index in [1.54, 1.807) is 37.5 Å². The molecule has 0 radical (unpaired) electrons. The molecule has 0 saturated heterocycles. The van der Waals surface area contributed by atoms with Gasteiger partial charge in [0.15, 0.2) is 5.82 Å². The summed E-state index contributed by atoms with van der Waals surface area (Å²) in [5, 5.41) is 11.0. The number of anilines is 1. The molecule has 4 aromatic rings. The van der Waals surface area contributed by atoms with Gasteiger partial charge in [-0.25, -0.2) is 19.0 Å². The predicted molar refractivity (Wildman–Crippen MR) is 98.3 cm³/mol. The van der Waals surface area contributed by atoms with Crippen LogP contribution in [0, 0.1) is 0 Å². The van der Waals surface area contributed by atoms with Gasteiger partial charge in [-0.05, 0) is 25.1 Å². The van der Waals surface area contributed by atoms with Crippen molar-refractivity contribution < 1.29 is 14.3 Å². The summed E-state index contributed by atoms with van der Waals surface area (Å²) < 4.78 is 7.89. The minimum absolute atomic E-state index is 0.0886. The highest BCUT2D eigenvalue weighted by Crippen LogP contribution is 2.21. The molecule has 0 fully saturated rings. The Hall–Kier alpha value is -4.08. The van der Waals surface area contributed by atoms with Gasteiger partial charge in [-0.3, -0.25) is 4.79 Å². The molecule has 1 aromatic carbocycles. The van der Waals surface area contributed by atoms with E-state index in [1.807, 2.05) is 18.2 Å². The summed E-state index contributed by atoms with van der Waals surface area (Å²) in [5.41, 5.74) is 0.791. The molecule has 3 heterocycles. The van der Waals surface area contributed by atoms with Gasteiger partial charge in [0, 0.05) is 12.4 Å². The topological polar surface area (TPSA) is 116 Å². The molecule has 0 atom stereocenters. The summed E-state index contributed by atoms with van der Waals surface area (Å²) in [6, 6.07) is 10.8. The Kier molecular flexibility index (Phi) is 4.50. The van der Waals surface area contributed by atoms with E-state index in [2.05, 4.69) is 25.5 Å². The summed E-state index contributed by atoms with van der Waals surface area (Å²) in [5.74, 6) is -0.830. The highest BCUT2D eigenvalue weighted by Gasteiger charge is 2.23. The molecule has 140 valence electrons. The van der Waals surface area contributed by atoms with Crippen molar-refractivity contribution in [3.05, 3.63) is 66.4 Å². The molecule has 28 heavy (non-hydrogen) atoms. The third-order valence-electron chi connectivity index (χ3n) is 3.82. The first kappa shape index (κ1) is 17.3. The van der Waals surface area contributed by atoms with Crippen molar-refractivity contribution in [2.75, 3.05) is 11.9 Å². The molecular formula is C18H15N7O3. The average molecular weight is 377 g/mol. The van der Waals surface area contributed by atoms with Crippen LogP contribution in [0.25, 0.3) is 11.5 Å². The number of fused-ring (bicyclic) bond motifs is 1. The van der Waals surface area contributed by atoms with Crippen molar-refractivity contribution in [3.8, 4) is 5.69 Å². The molecule has 0 bridgehead atoms. The second-order valence-electron chi connectivity index (χ2n) is 5.63. The zero-order valence-corrected chi connectivity index (χ0v) is 14.8. The monoisotopic (exact) mass is 377 g/mol. The van der Waals surface area contributed by atoms with Crippen LogP contribution in [0.4, 0.5) is 5.82 Å². The van der Waals surface area contributed by atoms with Crippen LogP contribution in [-0.2, 0) is 4.74 Å². The Balaban J connectivity index is 1.73. The minimum Gasteiger partial charge on any atom is -0.462 e. The van der Waals surface area contributed by atoms with Crippen LogP contribution < -0.4 is 5.32 Å². The number of carbonyl (C=O) groups excluding carboxylic acids is 2.